The van der Waals surface area contributed by atoms with Crippen LogP contribution in [0, 0.1) is 5.92 Å². The standard InChI is InChI=1S/C23H26N2O6S/c1-12(2)20(26)25-22-19(15-5-4-6-18(15)32-22)23(28)31-13(3)21(27)24-14-7-8-16-17(11-14)30-10-9-29-16/h7-8,11-13H,4-6,9-10H2,1-3H3,(H,24,27)(H,25,26). The first-order valence-corrected chi connectivity index (χ1v) is 11.5. The second-order valence-electron chi connectivity index (χ2n) is 8.10. The van der Waals surface area contributed by atoms with E-state index in [2.05, 4.69) is 10.6 Å². The van der Waals surface area contributed by atoms with Crippen LogP contribution in [0.1, 0.15) is 48.0 Å². The molecule has 0 saturated heterocycles. The van der Waals surface area contributed by atoms with Gasteiger partial charge in [-0.1, -0.05) is 13.8 Å². The van der Waals surface area contributed by atoms with Crippen molar-refractivity contribution in [3.8, 4) is 11.5 Å². The Bertz CT molecular complexity index is 1060. The summed E-state index contributed by atoms with van der Waals surface area (Å²) in [6.07, 6.45) is 1.56. The van der Waals surface area contributed by atoms with Gasteiger partial charge in [0.2, 0.25) is 5.91 Å². The number of anilines is 2. The molecule has 0 fully saturated rings. The first-order valence-electron chi connectivity index (χ1n) is 10.7. The number of carbonyl (C=O) groups is 3. The Hall–Kier alpha value is -3.07. The third-order valence-electron chi connectivity index (χ3n) is 5.35. The zero-order valence-corrected chi connectivity index (χ0v) is 19.1. The third kappa shape index (κ3) is 4.57. The number of fused-ring (bicyclic) bond motifs is 2. The Morgan fingerprint density at radius 3 is 2.50 bits per heavy atom. The molecular weight excluding hydrogens is 432 g/mol. The van der Waals surface area contributed by atoms with Crippen molar-refractivity contribution in [1.29, 1.82) is 0 Å². The van der Waals surface area contributed by atoms with Crippen LogP contribution in [0.2, 0.25) is 0 Å². The van der Waals surface area contributed by atoms with Crippen molar-refractivity contribution in [3.63, 3.8) is 0 Å². The summed E-state index contributed by atoms with van der Waals surface area (Å²) in [4.78, 5) is 39.0. The van der Waals surface area contributed by atoms with E-state index in [-0.39, 0.29) is 11.8 Å². The van der Waals surface area contributed by atoms with Crippen LogP contribution in [0.15, 0.2) is 18.2 Å². The number of thiophene rings is 1. The van der Waals surface area contributed by atoms with Gasteiger partial charge in [-0.25, -0.2) is 4.79 Å². The van der Waals surface area contributed by atoms with Crippen LogP contribution < -0.4 is 20.1 Å². The maximum absolute atomic E-state index is 13.0. The van der Waals surface area contributed by atoms with E-state index in [0.29, 0.717) is 41.0 Å². The molecule has 2 amide bonds. The Kier molecular flexibility index (Phi) is 6.36. The third-order valence-corrected chi connectivity index (χ3v) is 6.56. The quantitative estimate of drug-likeness (QED) is 0.639. The van der Waals surface area contributed by atoms with Gasteiger partial charge in [0.05, 0.1) is 5.56 Å². The highest BCUT2D eigenvalue weighted by Crippen LogP contribution is 2.40. The molecule has 9 heteroatoms. The molecule has 0 radical (unpaired) electrons. The van der Waals surface area contributed by atoms with Gasteiger partial charge >= 0.3 is 5.97 Å². The van der Waals surface area contributed by atoms with E-state index in [1.165, 1.54) is 18.3 Å². The molecule has 170 valence electrons. The van der Waals surface area contributed by atoms with Gasteiger partial charge in [-0.05, 0) is 43.9 Å². The highest BCUT2D eigenvalue weighted by atomic mass is 32.1. The minimum absolute atomic E-state index is 0.164. The van der Waals surface area contributed by atoms with Crippen LogP contribution in [0.4, 0.5) is 10.7 Å². The average Bonchev–Trinajstić information content (AvgIpc) is 3.34. The molecule has 2 N–H and O–H groups in total. The Labute approximate surface area is 190 Å². The number of amides is 2. The van der Waals surface area contributed by atoms with Crippen LogP contribution in [-0.4, -0.2) is 37.1 Å². The van der Waals surface area contributed by atoms with Gasteiger partial charge in [-0.15, -0.1) is 11.3 Å². The molecule has 0 saturated carbocycles. The van der Waals surface area contributed by atoms with Gasteiger partial charge in [0, 0.05) is 22.5 Å². The first-order chi connectivity index (χ1) is 15.3. The molecule has 1 atom stereocenters. The Balaban J connectivity index is 1.45. The number of ether oxygens (including phenoxy) is 3. The largest absolute Gasteiger partial charge is 0.486 e. The summed E-state index contributed by atoms with van der Waals surface area (Å²) in [5.74, 6) is -0.271. The molecule has 1 aromatic heterocycles. The number of rotatable bonds is 6. The SMILES string of the molecule is CC(C)C(=O)Nc1sc2c(c1C(=O)OC(C)C(=O)Nc1ccc3c(c1)OCCO3)CCC2. The van der Waals surface area contributed by atoms with E-state index in [1.54, 1.807) is 32.0 Å². The smallest absolute Gasteiger partial charge is 0.342 e. The zero-order valence-electron chi connectivity index (χ0n) is 18.3. The highest BCUT2D eigenvalue weighted by Gasteiger charge is 2.30. The van der Waals surface area contributed by atoms with Crippen LogP contribution in [0.5, 0.6) is 11.5 Å². The molecule has 1 aliphatic carbocycles. The van der Waals surface area contributed by atoms with Crippen molar-refractivity contribution in [2.24, 2.45) is 5.92 Å². The van der Waals surface area contributed by atoms with Crippen molar-refractivity contribution in [3.05, 3.63) is 34.2 Å². The second kappa shape index (κ2) is 9.20. The second-order valence-corrected chi connectivity index (χ2v) is 9.21. The molecule has 1 aliphatic heterocycles. The lowest BCUT2D eigenvalue weighted by Gasteiger charge is -2.19. The minimum atomic E-state index is -1.03. The number of esters is 1. The molecule has 0 bridgehead atoms. The average molecular weight is 459 g/mol. The van der Waals surface area contributed by atoms with E-state index in [1.807, 2.05) is 0 Å². The molecule has 4 rings (SSSR count). The summed E-state index contributed by atoms with van der Waals surface area (Å²) in [5.41, 5.74) is 1.80. The number of carbonyl (C=O) groups excluding carboxylic acids is 3. The van der Waals surface area contributed by atoms with Crippen molar-refractivity contribution < 1.29 is 28.6 Å². The summed E-state index contributed by atoms with van der Waals surface area (Å²) in [5, 5.41) is 6.08. The van der Waals surface area contributed by atoms with Crippen molar-refractivity contribution in [1.82, 2.24) is 0 Å². The van der Waals surface area contributed by atoms with E-state index in [9.17, 15) is 14.4 Å². The molecule has 1 aromatic carbocycles. The topological polar surface area (TPSA) is 103 Å². The molecule has 32 heavy (non-hydrogen) atoms. The van der Waals surface area contributed by atoms with Gasteiger partial charge < -0.3 is 24.8 Å². The molecule has 2 heterocycles. The number of aryl methyl sites for hydroxylation is 1. The Morgan fingerprint density at radius 2 is 1.75 bits per heavy atom. The van der Waals surface area contributed by atoms with Gasteiger partial charge in [0.15, 0.2) is 17.6 Å². The predicted octanol–water partition coefficient (Wildman–Crippen LogP) is 3.79. The molecular formula is C23H26N2O6S. The monoisotopic (exact) mass is 458 g/mol. The molecule has 2 aliphatic rings. The zero-order chi connectivity index (χ0) is 22.8. The number of hydrogen-bond acceptors (Lipinski definition) is 7. The summed E-state index contributed by atoms with van der Waals surface area (Å²) in [6.45, 7) is 6.03. The van der Waals surface area contributed by atoms with Crippen molar-refractivity contribution >= 4 is 39.8 Å². The number of nitrogens with one attached hydrogen (secondary N) is 2. The lowest BCUT2D eigenvalue weighted by molar-refractivity contribution is -0.123. The molecule has 0 spiro atoms. The van der Waals surface area contributed by atoms with Crippen LogP contribution in [0.25, 0.3) is 0 Å². The fourth-order valence-corrected chi connectivity index (χ4v) is 4.88. The minimum Gasteiger partial charge on any atom is -0.486 e. The van der Waals surface area contributed by atoms with Crippen LogP contribution in [0.3, 0.4) is 0 Å². The maximum Gasteiger partial charge on any atom is 0.342 e. The molecule has 2 aromatic rings. The van der Waals surface area contributed by atoms with Crippen molar-refractivity contribution in [2.75, 3.05) is 23.8 Å². The maximum atomic E-state index is 13.0. The van der Waals surface area contributed by atoms with E-state index >= 15 is 0 Å². The number of benzene rings is 1. The summed E-state index contributed by atoms with van der Waals surface area (Å²) in [7, 11) is 0. The summed E-state index contributed by atoms with van der Waals surface area (Å²) in [6, 6.07) is 5.09. The normalized spacial score (nSPS) is 15.1. The first kappa shape index (κ1) is 22.1. The summed E-state index contributed by atoms with van der Waals surface area (Å²) < 4.78 is 16.5. The predicted molar refractivity (Wildman–Crippen MR) is 121 cm³/mol. The lowest BCUT2D eigenvalue weighted by atomic mass is 10.1. The Morgan fingerprint density at radius 1 is 1.00 bits per heavy atom. The van der Waals surface area contributed by atoms with Crippen LogP contribution in [-0.2, 0) is 27.2 Å². The van der Waals surface area contributed by atoms with Gasteiger partial charge in [-0.3, -0.25) is 9.59 Å². The summed E-state index contributed by atoms with van der Waals surface area (Å²) >= 11 is 1.41. The van der Waals surface area contributed by atoms with Gasteiger partial charge in [0.1, 0.15) is 18.2 Å². The van der Waals surface area contributed by atoms with Crippen molar-refractivity contribution in [2.45, 2.75) is 46.1 Å². The lowest BCUT2D eigenvalue weighted by Crippen LogP contribution is -2.30. The van der Waals surface area contributed by atoms with Gasteiger partial charge in [-0.2, -0.15) is 0 Å². The molecule has 1 unspecified atom stereocenters. The van der Waals surface area contributed by atoms with Crippen LogP contribution >= 0.6 is 11.3 Å². The van der Waals surface area contributed by atoms with Gasteiger partial charge in [0.25, 0.3) is 5.91 Å². The highest BCUT2D eigenvalue weighted by molar-refractivity contribution is 7.17. The van der Waals surface area contributed by atoms with E-state index < -0.39 is 18.0 Å². The van der Waals surface area contributed by atoms with E-state index in [4.69, 9.17) is 14.2 Å². The fraction of sp³-hybridized carbons (Fsp3) is 0.435. The number of hydrogen-bond donors (Lipinski definition) is 2. The van der Waals surface area contributed by atoms with E-state index in [0.717, 1.165) is 29.7 Å². The molecule has 8 nitrogen and oxygen atoms in total. The fourth-order valence-electron chi connectivity index (χ4n) is 3.60.